The van der Waals surface area contributed by atoms with Gasteiger partial charge in [0, 0.05) is 0 Å². The molecule has 0 amide bonds. The Morgan fingerprint density at radius 1 is 0.611 bits per heavy atom. The summed E-state index contributed by atoms with van der Waals surface area (Å²) in [5, 5.41) is 8.73. The Bertz CT molecular complexity index is 545. The molecule has 2 nitrogen and oxygen atoms in total. The Kier molecular flexibility index (Phi) is 3.56. The first-order chi connectivity index (χ1) is 8.56. The van der Waals surface area contributed by atoms with Crippen LogP contribution in [0.2, 0.25) is 0 Å². The molecule has 0 heterocycles. The highest BCUT2D eigenvalue weighted by molar-refractivity contribution is 5.50. The lowest BCUT2D eigenvalue weighted by Crippen LogP contribution is -1.78. The minimum Gasteiger partial charge on any atom is -0.150 e. The average Bonchev–Trinajstić information content (AvgIpc) is 2.34. The summed E-state index contributed by atoms with van der Waals surface area (Å²) < 4.78 is 0. The van der Waals surface area contributed by atoms with Gasteiger partial charge in [0.2, 0.25) is 0 Å². The van der Waals surface area contributed by atoms with Crippen molar-refractivity contribution in [1.29, 1.82) is 0 Å². The zero-order valence-corrected chi connectivity index (χ0v) is 11.4. The van der Waals surface area contributed by atoms with E-state index in [1.165, 1.54) is 11.1 Å². The molecule has 0 saturated carbocycles. The molecule has 0 saturated heterocycles. The van der Waals surface area contributed by atoms with Crippen molar-refractivity contribution in [2.75, 3.05) is 0 Å². The minimum atomic E-state index is 0.941. The Labute approximate surface area is 108 Å². The Morgan fingerprint density at radius 3 is 1.39 bits per heavy atom. The normalized spacial score (nSPS) is 11.1. The maximum absolute atomic E-state index is 4.36. The van der Waals surface area contributed by atoms with Crippen LogP contribution in [0.5, 0.6) is 0 Å². The second-order valence-electron chi connectivity index (χ2n) is 4.78. The summed E-state index contributed by atoms with van der Waals surface area (Å²) >= 11 is 0. The van der Waals surface area contributed by atoms with Gasteiger partial charge in [0.1, 0.15) is 0 Å². The van der Waals surface area contributed by atoms with Crippen LogP contribution in [0, 0.1) is 27.7 Å². The molecular weight excluding hydrogens is 220 g/mol. The van der Waals surface area contributed by atoms with Gasteiger partial charge in [-0.1, -0.05) is 24.3 Å². The van der Waals surface area contributed by atoms with E-state index in [9.17, 15) is 0 Å². The van der Waals surface area contributed by atoms with E-state index in [1.807, 2.05) is 0 Å². The van der Waals surface area contributed by atoms with E-state index in [4.69, 9.17) is 0 Å². The first kappa shape index (κ1) is 12.5. The average molecular weight is 238 g/mol. The Hall–Kier alpha value is -1.96. The summed E-state index contributed by atoms with van der Waals surface area (Å²) in [4.78, 5) is 0. The van der Waals surface area contributed by atoms with Crippen LogP contribution in [0.3, 0.4) is 0 Å². The summed E-state index contributed by atoms with van der Waals surface area (Å²) in [5.41, 5.74) is 6.59. The highest BCUT2D eigenvalue weighted by Gasteiger charge is 1.99. The summed E-state index contributed by atoms with van der Waals surface area (Å²) in [6.45, 7) is 8.24. The van der Waals surface area contributed by atoms with Gasteiger partial charge < -0.3 is 0 Å². The van der Waals surface area contributed by atoms with Gasteiger partial charge >= 0.3 is 0 Å². The smallest absolute Gasteiger partial charge is 0.0888 e. The van der Waals surface area contributed by atoms with E-state index in [-0.39, 0.29) is 0 Å². The molecule has 2 rings (SSSR count). The molecule has 0 N–H and O–H groups in total. The van der Waals surface area contributed by atoms with Crippen LogP contribution in [-0.2, 0) is 0 Å². The molecule has 2 aromatic carbocycles. The molecule has 0 bridgehead atoms. The molecule has 0 aliphatic carbocycles. The van der Waals surface area contributed by atoms with Crippen molar-refractivity contribution in [2.24, 2.45) is 10.2 Å². The monoisotopic (exact) mass is 238 g/mol. The van der Waals surface area contributed by atoms with Gasteiger partial charge in [-0.3, -0.25) is 0 Å². The van der Waals surface area contributed by atoms with E-state index in [1.54, 1.807) is 0 Å². The molecule has 0 spiro atoms. The number of hydrogen-bond acceptors (Lipinski definition) is 2. The molecule has 0 aliphatic heterocycles. The number of rotatable bonds is 2. The van der Waals surface area contributed by atoms with E-state index in [0.29, 0.717) is 0 Å². The Morgan fingerprint density at radius 2 is 1.00 bits per heavy atom. The van der Waals surface area contributed by atoms with Crippen molar-refractivity contribution >= 4 is 11.4 Å². The topological polar surface area (TPSA) is 24.7 Å². The maximum atomic E-state index is 4.36. The van der Waals surface area contributed by atoms with Gasteiger partial charge in [-0.15, -0.1) is 0 Å². The Balaban J connectivity index is 2.35. The van der Waals surface area contributed by atoms with E-state index in [0.717, 1.165) is 22.5 Å². The molecule has 92 valence electrons. The number of aryl methyl sites for hydroxylation is 4. The lowest BCUT2D eigenvalue weighted by atomic mass is 10.1. The third-order valence-electron chi connectivity index (χ3n) is 2.99. The second-order valence-corrected chi connectivity index (χ2v) is 4.78. The van der Waals surface area contributed by atoms with Crippen molar-refractivity contribution in [3.8, 4) is 0 Å². The number of nitrogens with zero attached hydrogens (tertiary/aromatic N) is 2. The molecule has 2 heteroatoms. The number of azo groups is 1. The molecule has 18 heavy (non-hydrogen) atoms. The van der Waals surface area contributed by atoms with Gasteiger partial charge in [0.25, 0.3) is 0 Å². The highest BCUT2D eigenvalue weighted by Crippen LogP contribution is 2.25. The summed E-state index contributed by atoms with van der Waals surface area (Å²) in [6, 6.07) is 12.5. The van der Waals surface area contributed by atoms with Crippen LogP contribution in [0.1, 0.15) is 22.3 Å². The summed E-state index contributed by atoms with van der Waals surface area (Å²) in [5.74, 6) is 0. The van der Waals surface area contributed by atoms with Gasteiger partial charge in [0.15, 0.2) is 0 Å². The third-order valence-corrected chi connectivity index (χ3v) is 2.99. The van der Waals surface area contributed by atoms with Crippen molar-refractivity contribution < 1.29 is 0 Å². The molecule has 0 aliphatic rings. The fraction of sp³-hybridized carbons (Fsp3) is 0.250. The predicted molar refractivity (Wildman–Crippen MR) is 76.0 cm³/mol. The van der Waals surface area contributed by atoms with E-state index < -0.39 is 0 Å². The van der Waals surface area contributed by atoms with E-state index in [2.05, 4.69) is 74.3 Å². The maximum Gasteiger partial charge on any atom is 0.0888 e. The zero-order chi connectivity index (χ0) is 13.1. The van der Waals surface area contributed by atoms with Crippen molar-refractivity contribution in [3.05, 3.63) is 58.7 Å². The molecule has 0 unspecified atom stereocenters. The minimum absolute atomic E-state index is 0.941. The van der Waals surface area contributed by atoms with Crippen molar-refractivity contribution in [2.45, 2.75) is 27.7 Å². The lowest BCUT2D eigenvalue weighted by molar-refractivity contribution is 1.18. The summed E-state index contributed by atoms with van der Waals surface area (Å²) in [6.07, 6.45) is 0. The van der Waals surface area contributed by atoms with Gasteiger partial charge in [-0.25, -0.2) is 0 Å². The van der Waals surface area contributed by atoms with Gasteiger partial charge in [0.05, 0.1) is 11.4 Å². The lowest BCUT2D eigenvalue weighted by Gasteiger charge is -2.02. The van der Waals surface area contributed by atoms with Crippen LogP contribution >= 0.6 is 0 Å². The number of benzene rings is 2. The molecular formula is C16H18N2. The third kappa shape index (κ3) is 2.83. The van der Waals surface area contributed by atoms with Crippen LogP contribution in [0.15, 0.2) is 46.6 Å². The van der Waals surface area contributed by atoms with Crippen LogP contribution in [-0.4, -0.2) is 0 Å². The molecule has 0 radical (unpaired) electrons. The fourth-order valence-corrected chi connectivity index (χ4v) is 1.76. The first-order valence-electron chi connectivity index (χ1n) is 6.12. The standard InChI is InChI=1S/C16H18N2/c1-11-5-7-13(3)15(9-11)17-18-16-10-12(2)6-8-14(16)4/h5-10H,1-4H3. The second kappa shape index (κ2) is 5.13. The van der Waals surface area contributed by atoms with Crippen molar-refractivity contribution in [1.82, 2.24) is 0 Å². The highest BCUT2D eigenvalue weighted by atomic mass is 15.1. The van der Waals surface area contributed by atoms with Gasteiger partial charge in [-0.05, 0) is 62.1 Å². The summed E-state index contributed by atoms with van der Waals surface area (Å²) in [7, 11) is 0. The molecule has 0 aromatic heterocycles. The van der Waals surface area contributed by atoms with Crippen LogP contribution in [0.4, 0.5) is 11.4 Å². The first-order valence-corrected chi connectivity index (χ1v) is 6.12. The molecule has 0 fully saturated rings. The van der Waals surface area contributed by atoms with Crippen molar-refractivity contribution in [3.63, 3.8) is 0 Å². The van der Waals surface area contributed by atoms with Gasteiger partial charge in [-0.2, -0.15) is 10.2 Å². The SMILES string of the molecule is Cc1ccc(C)c(N=Nc2cc(C)ccc2C)c1. The molecule has 2 aromatic rings. The fourth-order valence-electron chi connectivity index (χ4n) is 1.76. The largest absolute Gasteiger partial charge is 0.150 e. The van der Waals surface area contributed by atoms with E-state index >= 15 is 0 Å². The molecule has 0 atom stereocenters. The van der Waals surface area contributed by atoms with Crippen LogP contribution in [0.25, 0.3) is 0 Å². The quantitative estimate of drug-likeness (QED) is 0.631. The predicted octanol–water partition coefficient (Wildman–Crippen LogP) is 5.34. The van der Waals surface area contributed by atoms with Crippen LogP contribution < -0.4 is 0 Å². The number of hydrogen-bond donors (Lipinski definition) is 0. The zero-order valence-electron chi connectivity index (χ0n) is 11.4.